The van der Waals surface area contributed by atoms with Gasteiger partial charge in [0.05, 0.1) is 0 Å². The summed E-state index contributed by atoms with van der Waals surface area (Å²) in [6.45, 7) is 2.15. The molecule has 0 aliphatic rings. The molecule has 0 aliphatic carbocycles. The molecular weight excluding hydrogens is 184 g/mol. The first-order valence-corrected chi connectivity index (χ1v) is 6.48. The van der Waals surface area contributed by atoms with Gasteiger partial charge >= 0.3 is 8.80 Å². The van der Waals surface area contributed by atoms with Gasteiger partial charge in [-0.05, 0) is 6.42 Å². The van der Waals surface area contributed by atoms with Crippen molar-refractivity contribution in [3.8, 4) is 0 Å². The summed E-state index contributed by atoms with van der Waals surface area (Å²) in [5, 5.41) is 0. The number of unbranched alkanes of at least 4 members (excludes halogenated alkanes) is 1. The Balaban J connectivity index is 3.94. The molecule has 0 aromatic heterocycles. The molecule has 0 rings (SSSR count). The third kappa shape index (κ3) is 4.57. The first-order chi connectivity index (χ1) is 6.24. The van der Waals surface area contributed by atoms with E-state index in [1.807, 2.05) is 0 Å². The molecule has 0 amide bonds. The van der Waals surface area contributed by atoms with Crippen LogP contribution < -0.4 is 0 Å². The fourth-order valence-electron chi connectivity index (χ4n) is 1.01. The van der Waals surface area contributed by atoms with E-state index in [9.17, 15) is 0 Å². The van der Waals surface area contributed by atoms with Crippen molar-refractivity contribution in [3.63, 3.8) is 0 Å². The summed E-state index contributed by atoms with van der Waals surface area (Å²) < 4.78 is 15.8. The van der Waals surface area contributed by atoms with Crippen molar-refractivity contribution in [3.05, 3.63) is 12.2 Å². The highest BCUT2D eigenvalue weighted by atomic mass is 28.4. The molecule has 0 radical (unpaired) electrons. The van der Waals surface area contributed by atoms with Crippen molar-refractivity contribution in [2.75, 3.05) is 21.3 Å². The lowest BCUT2D eigenvalue weighted by Gasteiger charge is -2.22. The van der Waals surface area contributed by atoms with Crippen molar-refractivity contribution >= 4 is 8.80 Å². The second-order valence-electron chi connectivity index (χ2n) is 2.76. The molecule has 3 nitrogen and oxygen atoms in total. The highest BCUT2D eigenvalue weighted by Crippen LogP contribution is 2.13. The number of allylic oxidation sites excluding steroid dienone is 2. The van der Waals surface area contributed by atoms with E-state index in [1.54, 1.807) is 21.3 Å². The molecule has 13 heavy (non-hydrogen) atoms. The topological polar surface area (TPSA) is 27.7 Å². The fraction of sp³-hybridized carbons (Fsp3) is 0.778. The lowest BCUT2D eigenvalue weighted by molar-refractivity contribution is 0.127. The minimum Gasteiger partial charge on any atom is -0.377 e. The van der Waals surface area contributed by atoms with E-state index in [0.717, 1.165) is 18.9 Å². The van der Waals surface area contributed by atoms with E-state index < -0.39 is 8.80 Å². The minimum absolute atomic E-state index is 0.747. The maximum Gasteiger partial charge on any atom is 0.504 e. The average Bonchev–Trinajstić information content (AvgIpc) is 2.20. The van der Waals surface area contributed by atoms with Gasteiger partial charge in [-0.2, -0.15) is 0 Å². The molecule has 0 spiro atoms. The molecule has 0 heterocycles. The molecule has 0 atom stereocenters. The van der Waals surface area contributed by atoms with Gasteiger partial charge in [-0.25, -0.2) is 0 Å². The van der Waals surface area contributed by atoms with E-state index in [1.165, 1.54) is 0 Å². The Bertz CT molecular complexity index is 136. The summed E-state index contributed by atoms with van der Waals surface area (Å²) in [5.74, 6) is 0. The number of hydrogen-bond acceptors (Lipinski definition) is 3. The van der Waals surface area contributed by atoms with Gasteiger partial charge in [0.15, 0.2) is 0 Å². The van der Waals surface area contributed by atoms with Crippen molar-refractivity contribution in [1.29, 1.82) is 0 Å². The fourth-order valence-corrected chi connectivity index (χ4v) is 2.47. The second kappa shape index (κ2) is 7.26. The minimum atomic E-state index is -2.35. The van der Waals surface area contributed by atoms with Crippen LogP contribution >= 0.6 is 0 Å². The van der Waals surface area contributed by atoms with Gasteiger partial charge in [-0.15, -0.1) is 0 Å². The molecule has 0 N–H and O–H groups in total. The van der Waals surface area contributed by atoms with Crippen LogP contribution in [0.25, 0.3) is 0 Å². The van der Waals surface area contributed by atoms with Crippen molar-refractivity contribution < 1.29 is 13.3 Å². The molecule has 0 aromatic rings. The van der Waals surface area contributed by atoms with Gasteiger partial charge < -0.3 is 13.3 Å². The first-order valence-electron chi connectivity index (χ1n) is 4.55. The third-order valence-electron chi connectivity index (χ3n) is 1.92. The van der Waals surface area contributed by atoms with Gasteiger partial charge in [0.2, 0.25) is 0 Å². The molecule has 0 saturated carbocycles. The Hall–Kier alpha value is -0.163. The van der Waals surface area contributed by atoms with Crippen LogP contribution in [-0.4, -0.2) is 30.1 Å². The normalized spacial score (nSPS) is 12.6. The largest absolute Gasteiger partial charge is 0.504 e. The average molecular weight is 204 g/mol. The molecule has 0 fully saturated rings. The van der Waals surface area contributed by atoms with Gasteiger partial charge in [0, 0.05) is 27.4 Å². The zero-order valence-electron chi connectivity index (χ0n) is 9.00. The quantitative estimate of drug-likeness (QED) is 0.470. The highest BCUT2D eigenvalue weighted by molar-refractivity contribution is 6.61. The summed E-state index contributed by atoms with van der Waals surface area (Å²) >= 11 is 0. The predicted octanol–water partition coefficient (Wildman–Crippen LogP) is 2.22. The smallest absolute Gasteiger partial charge is 0.377 e. The van der Waals surface area contributed by atoms with Gasteiger partial charge in [-0.1, -0.05) is 25.5 Å². The van der Waals surface area contributed by atoms with Gasteiger partial charge in [0.25, 0.3) is 0 Å². The molecule has 0 saturated heterocycles. The summed E-state index contributed by atoms with van der Waals surface area (Å²) in [5.41, 5.74) is 0. The zero-order chi connectivity index (χ0) is 10.2. The lowest BCUT2D eigenvalue weighted by atomic mass is 10.3. The molecular formula is C9H20O3Si. The molecule has 0 aliphatic heterocycles. The Kier molecular flexibility index (Phi) is 7.17. The van der Waals surface area contributed by atoms with Crippen LogP contribution in [0.5, 0.6) is 0 Å². The summed E-state index contributed by atoms with van der Waals surface area (Å²) in [6.07, 6.45) is 6.48. The highest BCUT2D eigenvalue weighted by Gasteiger charge is 2.35. The van der Waals surface area contributed by atoms with Crippen LogP contribution in [0.2, 0.25) is 6.04 Å². The Labute approximate surface area is 82.1 Å². The van der Waals surface area contributed by atoms with E-state index >= 15 is 0 Å². The number of rotatable bonds is 7. The summed E-state index contributed by atoms with van der Waals surface area (Å²) in [6, 6.07) is 0.747. The molecule has 0 unspecified atom stereocenters. The standard InChI is InChI=1S/C9H20O3Si/c1-5-6-7-8-9-13(10-2,11-3)12-4/h7-8H,5-6,9H2,1-4H3/b8-7-. The van der Waals surface area contributed by atoms with Crippen LogP contribution in [0.3, 0.4) is 0 Å². The van der Waals surface area contributed by atoms with E-state index in [0.29, 0.717) is 0 Å². The monoisotopic (exact) mass is 204 g/mol. The second-order valence-corrected chi connectivity index (χ2v) is 5.76. The SMILES string of the molecule is CCC/C=C\C[Si](OC)(OC)OC. The number of hydrogen-bond donors (Lipinski definition) is 0. The van der Waals surface area contributed by atoms with Crippen molar-refractivity contribution in [2.45, 2.75) is 25.8 Å². The predicted molar refractivity (Wildman–Crippen MR) is 55.6 cm³/mol. The summed E-state index contributed by atoms with van der Waals surface area (Å²) in [4.78, 5) is 0. The maximum absolute atomic E-state index is 5.26. The van der Waals surface area contributed by atoms with Crippen molar-refractivity contribution in [1.82, 2.24) is 0 Å². The van der Waals surface area contributed by atoms with Gasteiger partial charge in [-0.3, -0.25) is 0 Å². The van der Waals surface area contributed by atoms with E-state index in [4.69, 9.17) is 13.3 Å². The molecule has 0 aromatic carbocycles. The third-order valence-corrected chi connectivity index (χ3v) is 4.52. The Morgan fingerprint density at radius 3 is 1.92 bits per heavy atom. The van der Waals surface area contributed by atoms with Crippen LogP contribution in [0.1, 0.15) is 19.8 Å². The van der Waals surface area contributed by atoms with Crippen LogP contribution in [0.4, 0.5) is 0 Å². The summed E-state index contributed by atoms with van der Waals surface area (Å²) in [7, 11) is 2.54. The van der Waals surface area contributed by atoms with Crippen LogP contribution in [0, 0.1) is 0 Å². The Morgan fingerprint density at radius 2 is 1.54 bits per heavy atom. The maximum atomic E-state index is 5.26. The molecule has 0 bridgehead atoms. The van der Waals surface area contributed by atoms with Gasteiger partial charge in [0.1, 0.15) is 0 Å². The first kappa shape index (κ1) is 12.8. The lowest BCUT2D eigenvalue weighted by Crippen LogP contribution is -2.42. The van der Waals surface area contributed by atoms with Crippen LogP contribution in [0.15, 0.2) is 12.2 Å². The van der Waals surface area contributed by atoms with Crippen molar-refractivity contribution in [2.24, 2.45) is 0 Å². The molecule has 4 heteroatoms. The van der Waals surface area contributed by atoms with E-state index in [2.05, 4.69) is 19.1 Å². The van der Waals surface area contributed by atoms with Crippen LogP contribution in [-0.2, 0) is 13.3 Å². The van der Waals surface area contributed by atoms with E-state index in [-0.39, 0.29) is 0 Å². The zero-order valence-corrected chi connectivity index (χ0v) is 10.0. The molecule has 78 valence electrons. The Morgan fingerprint density at radius 1 is 1.00 bits per heavy atom.